The summed E-state index contributed by atoms with van der Waals surface area (Å²) in [5, 5.41) is 3.22. The molecule has 0 radical (unpaired) electrons. The van der Waals surface area contributed by atoms with Gasteiger partial charge in [-0.25, -0.2) is 4.39 Å². The Hall–Kier alpha value is -2.40. The van der Waals surface area contributed by atoms with Crippen molar-refractivity contribution in [2.75, 3.05) is 7.05 Å². The molecule has 26 heavy (non-hydrogen) atoms. The van der Waals surface area contributed by atoms with Crippen LogP contribution in [-0.2, 0) is 22.6 Å². The SMILES string of the molecule is CC[C@H](C(=O)NC)N(Cc1ccc(Cl)cc1)C(=O)Cc1ccc(F)cc1. The molecule has 2 aromatic carbocycles. The maximum absolute atomic E-state index is 13.1. The zero-order valence-corrected chi connectivity index (χ0v) is 15.6. The molecule has 0 spiro atoms. The van der Waals surface area contributed by atoms with E-state index in [1.807, 2.05) is 19.1 Å². The molecular weight excluding hydrogens is 355 g/mol. The lowest BCUT2D eigenvalue weighted by Gasteiger charge is -2.30. The van der Waals surface area contributed by atoms with Gasteiger partial charge >= 0.3 is 0 Å². The molecule has 138 valence electrons. The molecule has 0 aromatic heterocycles. The van der Waals surface area contributed by atoms with Crippen LogP contribution >= 0.6 is 11.6 Å². The van der Waals surface area contributed by atoms with Gasteiger partial charge in [0.15, 0.2) is 0 Å². The van der Waals surface area contributed by atoms with Gasteiger partial charge in [-0.05, 0) is 41.8 Å². The van der Waals surface area contributed by atoms with Crippen LogP contribution in [-0.4, -0.2) is 29.8 Å². The number of nitrogens with zero attached hydrogens (tertiary/aromatic N) is 1. The Morgan fingerprint density at radius 2 is 1.65 bits per heavy atom. The van der Waals surface area contributed by atoms with Crippen molar-refractivity contribution in [2.45, 2.75) is 32.4 Å². The molecular formula is C20H22ClFN2O2. The van der Waals surface area contributed by atoms with Gasteiger partial charge in [-0.2, -0.15) is 0 Å². The Labute approximate surface area is 158 Å². The first kappa shape index (κ1) is 19.9. The monoisotopic (exact) mass is 376 g/mol. The Bertz CT molecular complexity index is 747. The third-order valence-corrected chi connectivity index (χ3v) is 4.42. The molecule has 2 aromatic rings. The number of benzene rings is 2. The summed E-state index contributed by atoms with van der Waals surface area (Å²) in [6.07, 6.45) is 0.587. The summed E-state index contributed by atoms with van der Waals surface area (Å²) in [5.74, 6) is -0.757. The van der Waals surface area contributed by atoms with Gasteiger partial charge in [-0.1, -0.05) is 42.8 Å². The van der Waals surface area contributed by atoms with Crippen molar-refractivity contribution in [2.24, 2.45) is 0 Å². The lowest BCUT2D eigenvalue weighted by Crippen LogP contribution is -2.48. The average molecular weight is 377 g/mol. The van der Waals surface area contributed by atoms with Crippen LogP contribution in [0.3, 0.4) is 0 Å². The third-order valence-electron chi connectivity index (χ3n) is 4.17. The zero-order chi connectivity index (χ0) is 19.1. The summed E-state index contributed by atoms with van der Waals surface area (Å²) in [5.41, 5.74) is 1.58. The number of carbonyl (C=O) groups excluding carboxylic acids is 2. The van der Waals surface area contributed by atoms with Crippen LogP contribution in [0.25, 0.3) is 0 Å². The van der Waals surface area contributed by atoms with Gasteiger partial charge in [0.05, 0.1) is 6.42 Å². The number of hydrogen-bond donors (Lipinski definition) is 1. The van der Waals surface area contributed by atoms with E-state index in [2.05, 4.69) is 5.32 Å². The average Bonchev–Trinajstić information content (AvgIpc) is 2.64. The van der Waals surface area contributed by atoms with Crippen molar-refractivity contribution >= 4 is 23.4 Å². The van der Waals surface area contributed by atoms with Crippen LogP contribution in [0.1, 0.15) is 24.5 Å². The first-order valence-electron chi connectivity index (χ1n) is 8.44. The second-order valence-electron chi connectivity index (χ2n) is 5.99. The minimum Gasteiger partial charge on any atom is -0.357 e. The van der Waals surface area contributed by atoms with Crippen molar-refractivity contribution in [3.8, 4) is 0 Å². The lowest BCUT2D eigenvalue weighted by molar-refractivity contribution is -0.140. The quantitative estimate of drug-likeness (QED) is 0.803. The molecule has 0 aliphatic rings. The fourth-order valence-corrected chi connectivity index (χ4v) is 2.88. The molecule has 2 amide bonds. The fourth-order valence-electron chi connectivity index (χ4n) is 2.75. The molecule has 0 aliphatic carbocycles. The second-order valence-corrected chi connectivity index (χ2v) is 6.43. The van der Waals surface area contributed by atoms with Crippen molar-refractivity contribution in [3.63, 3.8) is 0 Å². The summed E-state index contributed by atoms with van der Waals surface area (Å²) in [6, 6.07) is 12.4. The summed E-state index contributed by atoms with van der Waals surface area (Å²) in [6.45, 7) is 2.16. The van der Waals surface area contributed by atoms with E-state index >= 15 is 0 Å². The number of hydrogen-bond acceptors (Lipinski definition) is 2. The van der Waals surface area contributed by atoms with E-state index in [-0.39, 0.29) is 24.1 Å². The van der Waals surface area contributed by atoms with E-state index in [1.165, 1.54) is 12.1 Å². The highest BCUT2D eigenvalue weighted by molar-refractivity contribution is 6.30. The predicted molar refractivity (Wildman–Crippen MR) is 100 cm³/mol. The summed E-state index contributed by atoms with van der Waals surface area (Å²) in [4.78, 5) is 26.7. The Balaban J connectivity index is 2.25. The zero-order valence-electron chi connectivity index (χ0n) is 14.8. The van der Waals surface area contributed by atoms with Crippen molar-refractivity contribution in [1.29, 1.82) is 0 Å². The molecule has 0 heterocycles. The van der Waals surface area contributed by atoms with Gasteiger partial charge in [0.2, 0.25) is 11.8 Å². The first-order chi connectivity index (χ1) is 12.4. The fraction of sp³-hybridized carbons (Fsp3) is 0.300. The minimum atomic E-state index is -0.580. The smallest absolute Gasteiger partial charge is 0.242 e. The van der Waals surface area contributed by atoms with Crippen LogP contribution in [0.15, 0.2) is 48.5 Å². The van der Waals surface area contributed by atoms with Crippen LogP contribution in [0.5, 0.6) is 0 Å². The highest BCUT2D eigenvalue weighted by atomic mass is 35.5. The van der Waals surface area contributed by atoms with Gasteiger partial charge < -0.3 is 10.2 Å². The summed E-state index contributed by atoms with van der Waals surface area (Å²) < 4.78 is 13.1. The standard InChI is InChI=1S/C20H22ClFN2O2/c1-3-18(20(26)23-2)24(13-15-4-8-16(21)9-5-15)19(25)12-14-6-10-17(22)11-7-14/h4-11,18H,3,12-13H2,1-2H3,(H,23,26)/t18-/m1/s1. The van der Waals surface area contributed by atoms with Crippen LogP contribution < -0.4 is 5.32 Å². The van der Waals surface area contributed by atoms with Crippen molar-refractivity contribution in [1.82, 2.24) is 10.2 Å². The number of amides is 2. The molecule has 0 unspecified atom stereocenters. The number of halogens is 2. The molecule has 4 nitrogen and oxygen atoms in total. The van der Waals surface area contributed by atoms with Crippen molar-refractivity contribution in [3.05, 3.63) is 70.5 Å². The van der Waals surface area contributed by atoms with Gasteiger partial charge in [-0.3, -0.25) is 9.59 Å². The predicted octanol–water partition coefficient (Wildman–Crippen LogP) is 3.58. The molecule has 0 fully saturated rings. The normalized spacial score (nSPS) is 11.7. The molecule has 1 N–H and O–H groups in total. The molecule has 0 bridgehead atoms. The number of nitrogens with one attached hydrogen (secondary N) is 1. The van der Waals surface area contributed by atoms with E-state index in [1.54, 1.807) is 36.2 Å². The molecule has 6 heteroatoms. The van der Waals surface area contributed by atoms with E-state index in [4.69, 9.17) is 11.6 Å². The van der Waals surface area contributed by atoms with E-state index in [9.17, 15) is 14.0 Å². The molecule has 0 aliphatic heterocycles. The molecule has 0 saturated heterocycles. The summed E-state index contributed by atoms with van der Waals surface area (Å²) >= 11 is 5.92. The largest absolute Gasteiger partial charge is 0.357 e. The Morgan fingerprint density at radius 3 is 2.19 bits per heavy atom. The Kier molecular flexibility index (Phi) is 7.16. The van der Waals surface area contributed by atoms with Crippen LogP contribution in [0.4, 0.5) is 4.39 Å². The maximum atomic E-state index is 13.1. The van der Waals surface area contributed by atoms with Crippen molar-refractivity contribution < 1.29 is 14.0 Å². The number of carbonyl (C=O) groups is 2. The van der Waals surface area contributed by atoms with E-state index in [0.717, 1.165) is 5.56 Å². The highest BCUT2D eigenvalue weighted by Gasteiger charge is 2.27. The molecule has 0 saturated carbocycles. The van der Waals surface area contributed by atoms with Crippen LogP contribution in [0.2, 0.25) is 5.02 Å². The van der Waals surface area contributed by atoms with Gasteiger partial charge in [0.1, 0.15) is 11.9 Å². The minimum absolute atomic E-state index is 0.0986. The Morgan fingerprint density at radius 1 is 1.08 bits per heavy atom. The first-order valence-corrected chi connectivity index (χ1v) is 8.82. The number of rotatable bonds is 7. The van der Waals surface area contributed by atoms with Crippen LogP contribution in [0, 0.1) is 5.82 Å². The topological polar surface area (TPSA) is 49.4 Å². The van der Waals surface area contributed by atoms with Gasteiger partial charge in [-0.15, -0.1) is 0 Å². The third kappa shape index (κ3) is 5.30. The lowest BCUT2D eigenvalue weighted by atomic mass is 10.1. The molecule has 1 atom stereocenters. The van der Waals surface area contributed by atoms with Gasteiger partial charge in [0, 0.05) is 18.6 Å². The molecule has 2 rings (SSSR count). The highest BCUT2D eigenvalue weighted by Crippen LogP contribution is 2.17. The summed E-state index contributed by atoms with van der Waals surface area (Å²) in [7, 11) is 1.55. The van der Waals surface area contributed by atoms with E-state index in [0.29, 0.717) is 23.6 Å². The van der Waals surface area contributed by atoms with E-state index < -0.39 is 6.04 Å². The van der Waals surface area contributed by atoms with Gasteiger partial charge in [0.25, 0.3) is 0 Å². The maximum Gasteiger partial charge on any atom is 0.242 e. The second kappa shape index (κ2) is 9.34. The number of likely N-dealkylation sites (N-methyl/N-ethyl adjacent to an activating group) is 1.